The molecule has 0 spiro atoms. The third-order valence-corrected chi connectivity index (χ3v) is 1.79. The van der Waals surface area contributed by atoms with E-state index in [0.717, 1.165) is 5.56 Å². The Morgan fingerprint density at radius 1 is 1.50 bits per heavy atom. The smallest absolute Gasteiger partial charge is 0.311 e. The van der Waals surface area contributed by atoms with Gasteiger partial charge in [0, 0.05) is 6.07 Å². The molecule has 0 saturated heterocycles. The summed E-state index contributed by atoms with van der Waals surface area (Å²) in [5, 5.41) is 10.6. The van der Waals surface area contributed by atoms with Gasteiger partial charge < -0.3 is 4.74 Å². The number of aryl methyl sites for hydroxylation is 2. The molecule has 0 heterocycles. The van der Waals surface area contributed by atoms with Crippen molar-refractivity contribution in [3.05, 3.63) is 33.4 Å². The number of alkyl halides is 1. The summed E-state index contributed by atoms with van der Waals surface area (Å²) in [4.78, 5) is 10.0. The summed E-state index contributed by atoms with van der Waals surface area (Å²) >= 11 is 0. The maximum atomic E-state index is 12.0. The number of benzene rings is 1. The molecule has 0 aliphatic carbocycles. The van der Waals surface area contributed by atoms with Crippen LogP contribution in [0.1, 0.15) is 11.1 Å². The summed E-state index contributed by atoms with van der Waals surface area (Å²) < 4.78 is 16.5. The highest BCUT2D eigenvalue weighted by molar-refractivity contribution is 5.53. The lowest BCUT2D eigenvalue weighted by atomic mass is 10.1. The van der Waals surface area contributed by atoms with Crippen molar-refractivity contribution < 1.29 is 14.1 Å². The molecule has 0 atom stereocenters. The molecular formula is C9H10FNO3. The number of hydrogen-bond acceptors (Lipinski definition) is 3. The maximum absolute atomic E-state index is 12.0. The van der Waals surface area contributed by atoms with E-state index in [1.54, 1.807) is 19.9 Å². The highest BCUT2D eigenvalue weighted by Gasteiger charge is 2.18. The molecule has 1 rings (SSSR count). The second-order valence-electron chi connectivity index (χ2n) is 2.94. The van der Waals surface area contributed by atoms with E-state index < -0.39 is 11.8 Å². The number of nitrogens with zero attached hydrogens (tertiary/aromatic N) is 1. The molecule has 76 valence electrons. The summed E-state index contributed by atoms with van der Waals surface area (Å²) in [5.41, 5.74) is 1.12. The Bertz CT molecular complexity index is 365. The van der Waals surface area contributed by atoms with Crippen molar-refractivity contribution in [1.82, 2.24) is 0 Å². The molecule has 0 aliphatic heterocycles. The lowest BCUT2D eigenvalue weighted by Crippen LogP contribution is -1.99. The van der Waals surface area contributed by atoms with Crippen LogP contribution in [0.2, 0.25) is 0 Å². The van der Waals surface area contributed by atoms with E-state index in [9.17, 15) is 14.5 Å². The number of halogens is 1. The molecule has 0 aliphatic rings. The summed E-state index contributed by atoms with van der Waals surface area (Å²) in [6.45, 7) is 2.31. The van der Waals surface area contributed by atoms with Crippen LogP contribution in [0.15, 0.2) is 12.1 Å². The summed E-state index contributed by atoms with van der Waals surface area (Å²) in [7, 11) is 0. The lowest BCUT2D eigenvalue weighted by Gasteiger charge is -2.06. The molecule has 0 fully saturated rings. The lowest BCUT2D eigenvalue weighted by molar-refractivity contribution is -0.386. The second kappa shape index (κ2) is 4.04. The van der Waals surface area contributed by atoms with E-state index in [0.29, 0.717) is 5.56 Å². The molecule has 0 N–H and O–H groups in total. The Morgan fingerprint density at radius 3 is 2.64 bits per heavy atom. The Labute approximate surface area is 80.5 Å². The summed E-state index contributed by atoms with van der Waals surface area (Å²) in [6, 6.07) is 3.07. The first-order valence-corrected chi connectivity index (χ1v) is 4.00. The van der Waals surface area contributed by atoms with Crippen molar-refractivity contribution in [2.75, 3.05) is 6.86 Å². The fraction of sp³-hybridized carbons (Fsp3) is 0.333. The zero-order chi connectivity index (χ0) is 10.7. The van der Waals surface area contributed by atoms with Crippen LogP contribution in [0.3, 0.4) is 0 Å². The van der Waals surface area contributed by atoms with Gasteiger partial charge in [-0.2, -0.15) is 0 Å². The zero-order valence-corrected chi connectivity index (χ0v) is 7.91. The SMILES string of the molecule is Cc1cc(C)c(OCF)c([N+](=O)[O-])c1. The number of hydrogen-bond donors (Lipinski definition) is 0. The Hall–Kier alpha value is -1.65. The van der Waals surface area contributed by atoms with Gasteiger partial charge in [-0.1, -0.05) is 6.07 Å². The number of nitro groups is 1. The van der Waals surface area contributed by atoms with E-state index in [4.69, 9.17) is 0 Å². The standard InChI is InChI=1S/C9H10FNO3/c1-6-3-7(2)9(14-5-10)8(4-6)11(12)13/h3-4H,5H2,1-2H3. The highest BCUT2D eigenvalue weighted by atomic mass is 19.1. The average Bonchev–Trinajstić information content (AvgIpc) is 2.09. The molecule has 1 aromatic carbocycles. The van der Waals surface area contributed by atoms with Gasteiger partial charge >= 0.3 is 5.69 Å². The molecule has 14 heavy (non-hydrogen) atoms. The van der Waals surface area contributed by atoms with Gasteiger partial charge in [0.15, 0.2) is 0 Å². The molecule has 0 unspecified atom stereocenters. The van der Waals surface area contributed by atoms with Gasteiger partial charge in [0.1, 0.15) is 0 Å². The number of nitro benzene ring substituents is 1. The van der Waals surface area contributed by atoms with E-state index in [2.05, 4.69) is 4.74 Å². The van der Waals surface area contributed by atoms with Gasteiger partial charge in [-0.25, -0.2) is 4.39 Å². The highest BCUT2D eigenvalue weighted by Crippen LogP contribution is 2.31. The van der Waals surface area contributed by atoms with Crippen molar-refractivity contribution in [2.45, 2.75) is 13.8 Å². The third-order valence-electron chi connectivity index (χ3n) is 1.79. The number of rotatable bonds is 3. The molecule has 0 radical (unpaired) electrons. The first-order valence-electron chi connectivity index (χ1n) is 4.00. The predicted octanol–water partition coefficient (Wildman–Crippen LogP) is 2.52. The molecule has 4 nitrogen and oxygen atoms in total. The van der Waals surface area contributed by atoms with Crippen LogP contribution in [0.4, 0.5) is 10.1 Å². The van der Waals surface area contributed by atoms with E-state index >= 15 is 0 Å². The summed E-state index contributed by atoms with van der Waals surface area (Å²) in [5.74, 6) is 0.00287. The first-order chi connectivity index (χ1) is 6.56. The van der Waals surface area contributed by atoms with Crippen LogP contribution in [-0.4, -0.2) is 11.8 Å². The van der Waals surface area contributed by atoms with Gasteiger partial charge in [0.05, 0.1) is 4.92 Å². The predicted molar refractivity (Wildman–Crippen MR) is 49.2 cm³/mol. The first kappa shape index (κ1) is 10.4. The minimum atomic E-state index is -1.06. The maximum Gasteiger partial charge on any atom is 0.311 e. The second-order valence-corrected chi connectivity index (χ2v) is 2.94. The average molecular weight is 199 g/mol. The molecular weight excluding hydrogens is 189 g/mol. The Kier molecular flexibility index (Phi) is 3.01. The van der Waals surface area contributed by atoms with Crippen LogP contribution >= 0.6 is 0 Å². The molecule has 0 bridgehead atoms. The minimum absolute atomic E-state index is 0.00287. The van der Waals surface area contributed by atoms with Crippen molar-refractivity contribution >= 4 is 5.69 Å². The largest absolute Gasteiger partial charge is 0.455 e. The zero-order valence-electron chi connectivity index (χ0n) is 7.91. The fourth-order valence-corrected chi connectivity index (χ4v) is 1.31. The van der Waals surface area contributed by atoms with E-state index in [-0.39, 0.29) is 11.4 Å². The third kappa shape index (κ3) is 1.99. The van der Waals surface area contributed by atoms with Gasteiger partial charge in [0.25, 0.3) is 0 Å². The van der Waals surface area contributed by atoms with E-state index in [1.165, 1.54) is 6.07 Å². The van der Waals surface area contributed by atoms with Crippen LogP contribution < -0.4 is 4.74 Å². The van der Waals surface area contributed by atoms with Crippen molar-refractivity contribution in [1.29, 1.82) is 0 Å². The van der Waals surface area contributed by atoms with Crippen LogP contribution in [0, 0.1) is 24.0 Å². The van der Waals surface area contributed by atoms with Crippen LogP contribution in [-0.2, 0) is 0 Å². The molecule has 5 heteroatoms. The molecule has 0 aromatic heterocycles. The summed E-state index contributed by atoms with van der Waals surface area (Å²) in [6.07, 6.45) is 0. The van der Waals surface area contributed by atoms with Gasteiger partial charge in [0.2, 0.25) is 12.6 Å². The van der Waals surface area contributed by atoms with Crippen molar-refractivity contribution in [3.8, 4) is 5.75 Å². The normalized spacial score (nSPS) is 9.93. The van der Waals surface area contributed by atoms with Gasteiger partial charge in [-0.15, -0.1) is 0 Å². The Balaban J connectivity index is 3.28. The minimum Gasteiger partial charge on any atom is -0.455 e. The van der Waals surface area contributed by atoms with Crippen molar-refractivity contribution in [3.63, 3.8) is 0 Å². The van der Waals surface area contributed by atoms with Gasteiger partial charge in [-0.05, 0) is 25.0 Å². The van der Waals surface area contributed by atoms with Crippen molar-refractivity contribution in [2.24, 2.45) is 0 Å². The van der Waals surface area contributed by atoms with E-state index in [1.807, 2.05) is 0 Å². The fourth-order valence-electron chi connectivity index (χ4n) is 1.31. The molecule has 0 saturated carbocycles. The quantitative estimate of drug-likeness (QED) is 0.555. The van der Waals surface area contributed by atoms with Crippen LogP contribution in [0.25, 0.3) is 0 Å². The molecule has 0 amide bonds. The topological polar surface area (TPSA) is 52.4 Å². The number of ether oxygens (including phenoxy) is 1. The van der Waals surface area contributed by atoms with Gasteiger partial charge in [-0.3, -0.25) is 10.1 Å². The molecule has 1 aromatic rings. The Morgan fingerprint density at radius 2 is 2.14 bits per heavy atom. The monoisotopic (exact) mass is 199 g/mol. The van der Waals surface area contributed by atoms with Crippen LogP contribution in [0.5, 0.6) is 5.75 Å².